The molecule has 154 valence electrons. The first-order chi connectivity index (χ1) is 13.0. The predicted molar refractivity (Wildman–Crippen MR) is 95.7 cm³/mol. The average Bonchev–Trinajstić information content (AvgIpc) is 2.58. The number of halogens is 4. The summed E-state index contributed by atoms with van der Waals surface area (Å²) in [6.45, 7) is -0.0941. The second-order valence-corrected chi connectivity index (χ2v) is 8.13. The minimum absolute atomic E-state index is 0.0516. The molecule has 5 nitrogen and oxygen atoms in total. The van der Waals surface area contributed by atoms with Crippen LogP contribution in [-0.4, -0.2) is 51.2 Å². The Bertz CT molecular complexity index is 902. The Kier molecular flexibility index (Phi) is 7.02. The number of para-hydroxylation sites is 1. The normalized spacial score (nSPS) is 12.6. The molecule has 0 unspecified atom stereocenters. The van der Waals surface area contributed by atoms with Crippen LogP contribution in [0.2, 0.25) is 0 Å². The number of hydrogen-bond donors (Lipinski definition) is 0. The van der Waals surface area contributed by atoms with Crippen molar-refractivity contribution in [2.24, 2.45) is 0 Å². The molecule has 0 N–H and O–H groups in total. The number of alkyl halides is 3. The fraction of sp³-hybridized carbons (Fsp3) is 0.333. The second-order valence-electron chi connectivity index (χ2n) is 6.23. The lowest BCUT2D eigenvalue weighted by Gasteiger charge is -2.25. The van der Waals surface area contributed by atoms with Crippen molar-refractivity contribution in [2.45, 2.75) is 17.8 Å². The van der Waals surface area contributed by atoms with E-state index >= 15 is 0 Å². The quantitative estimate of drug-likeness (QED) is 0.614. The summed E-state index contributed by atoms with van der Waals surface area (Å²) in [6.07, 6.45) is -5.05. The van der Waals surface area contributed by atoms with E-state index in [2.05, 4.69) is 4.74 Å². The summed E-state index contributed by atoms with van der Waals surface area (Å²) in [5, 5.41) is 0. The number of nitrogens with zero attached hydrogens (tertiary/aromatic N) is 2. The first-order valence-corrected chi connectivity index (χ1v) is 9.68. The lowest BCUT2D eigenvalue weighted by molar-refractivity contribution is -0.275. The second kappa shape index (κ2) is 8.89. The zero-order valence-corrected chi connectivity index (χ0v) is 16.1. The maximum absolute atomic E-state index is 14.0. The summed E-state index contributed by atoms with van der Waals surface area (Å²) in [7, 11) is -0.966. The van der Waals surface area contributed by atoms with Gasteiger partial charge in [0.05, 0.1) is 0 Å². The number of rotatable bonds is 8. The van der Waals surface area contributed by atoms with Gasteiger partial charge in [0.25, 0.3) is 0 Å². The monoisotopic (exact) mass is 420 g/mol. The number of hydrogen-bond acceptors (Lipinski definition) is 4. The van der Waals surface area contributed by atoms with Gasteiger partial charge in [0.2, 0.25) is 10.0 Å². The van der Waals surface area contributed by atoms with Crippen LogP contribution in [0.5, 0.6) is 5.75 Å². The molecule has 0 spiro atoms. The highest BCUT2D eigenvalue weighted by Gasteiger charge is 2.35. The number of likely N-dealkylation sites (N-methyl/N-ethyl adjacent to an activating group) is 1. The van der Waals surface area contributed by atoms with Crippen LogP contribution in [0.4, 0.5) is 17.6 Å². The molecule has 0 heterocycles. The van der Waals surface area contributed by atoms with Gasteiger partial charge in [-0.15, -0.1) is 13.2 Å². The molecular weight excluding hydrogens is 400 g/mol. The maximum Gasteiger partial charge on any atom is 0.573 e. The van der Waals surface area contributed by atoms with E-state index < -0.39 is 32.8 Å². The van der Waals surface area contributed by atoms with E-state index in [4.69, 9.17) is 0 Å². The maximum atomic E-state index is 14.0. The van der Waals surface area contributed by atoms with Gasteiger partial charge < -0.3 is 9.64 Å². The summed E-state index contributed by atoms with van der Waals surface area (Å²) >= 11 is 0. The molecule has 0 aliphatic heterocycles. The van der Waals surface area contributed by atoms with Crippen LogP contribution in [-0.2, 0) is 16.6 Å². The van der Waals surface area contributed by atoms with E-state index in [1.807, 2.05) is 0 Å². The molecule has 28 heavy (non-hydrogen) atoms. The Balaban J connectivity index is 2.45. The lowest BCUT2D eigenvalue weighted by Crippen LogP contribution is -2.37. The van der Waals surface area contributed by atoms with Crippen molar-refractivity contribution < 1.29 is 30.7 Å². The third-order valence-corrected chi connectivity index (χ3v) is 5.68. The van der Waals surface area contributed by atoms with Gasteiger partial charge in [0.15, 0.2) is 0 Å². The number of sulfonamides is 1. The molecule has 0 saturated heterocycles. The van der Waals surface area contributed by atoms with Gasteiger partial charge in [-0.25, -0.2) is 12.8 Å². The van der Waals surface area contributed by atoms with Gasteiger partial charge in [-0.2, -0.15) is 4.31 Å². The molecule has 2 aromatic carbocycles. The molecule has 0 aliphatic carbocycles. The standard InChI is InChI=1S/C18H20F4N2O3S/c1-23(2)11-12-24(13-14-7-3-4-8-15(14)19)28(25,26)17-10-6-5-9-16(17)27-18(20,21)22/h3-10H,11-13H2,1-2H3. The Morgan fingerprint density at radius 2 is 1.57 bits per heavy atom. The van der Waals surface area contributed by atoms with Gasteiger partial charge in [-0.3, -0.25) is 0 Å². The van der Waals surface area contributed by atoms with E-state index in [1.165, 1.54) is 30.3 Å². The van der Waals surface area contributed by atoms with Crippen molar-refractivity contribution in [3.63, 3.8) is 0 Å². The Morgan fingerprint density at radius 3 is 2.18 bits per heavy atom. The van der Waals surface area contributed by atoms with Gasteiger partial charge >= 0.3 is 6.36 Å². The highest BCUT2D eigenvalue weighted by molar-refractivity contribution is 7.89. The Morgan fingerprint density at radius 1 is 0.964 bits per heavy atom. The van der Waals surface area contributed by atoms with Crippen molar-refractivity contribution in [3.8, 4) is 5.75 Å². The minimum Gasteiger partial charge on any atom is -0.404 e. The van der Waals surface area contributed by atoms with Crippen LogP contribution >= 0.6 is 0 Å². The van der Waals surface area contributed by atoms with Crippen molar-refractivity contribution in [3.05, 3.63) is 59.9 Å². The van der Waals surface area contributed by atoms with Crippen molar-refractivity contribution in [1.82, 2.24) is 9.21 Å². The van der Waals surface area contributed by atoms with E-state index in [1.54, 1.807) is 25.1 Å². The molecule has 0 fully saturated rings. The van der Waals surface area contributed by atoms with Crippen LogP contribution < -0.4 is 4.74 Å². The van der Waals surface area contributed by atoms with E-state index in [-0.39, 0.29) is 25.2 Å². The summed E-state index contributed by atoms with van der Waals surface area (Å²) < 4.78 is 83.1. The fourth-order valence-electron chi connectivity index (χ4n) is 2.42. The van der Waals surface area contributed by atoms with Crippen LogP contribution in [0.25, 0.3) is 0 Å². The SMILES string of the molecule is CN(C)CCN(Cc1ccccc1F)S(=O)(=O)c1ccccc1OC(F)(F)F. The molecule has 0 aromatic heterocycles. The van der Waals surface area contributed by atoms with E-state index in [9.17, 15) is 26.0 Å². The average molecular weight is 420 g/mol. The number of ether oxygens (including phenoxy) is 1. The number of benzene rings is 2. The first kappa shape index (κ1) is 22.1. The Labute approximate surface area is 161 Å². The minimum atomic E-state index is -5.05. The van der Waals surface area contributed by atoms with Crippen LogP contribution in [0, 0.1) is 5.82 Å². The summed E-state index contributed by atoms with van der Waals surface area (Å²) in [5.74, 6) is -1.44. The van der Waals surface area contributed by atoms with E-state index in [0.29, 0.717) is 0 Å². The summed E-state index contributed by atoms with van der Waals surface area (Å²) in [4.78, 5) is 1.07. The smallest absolute Gasteiger partial charge is 0.404 e. The van der Waals surface area contributed by atoms with Crippen LogP contribution in [0.1, 0.15) is 5.56 Å². The summed E-state index contributed by atoms with van der Waals surface area (Å²) in [6, 6.07) is 10.1. The zero-order valence-electron chi connectivity index (χ0n) is 15.3. The van der Waals surface area contributed by atoms with Gasteiger partial charge in [0.1, 0.15) is 16.5 Å². The van der Waals surface area contributed by atoms with Gasteiger partial charge in [-0.1, -0.05) is 30.3 Å². The van der Waals surface area contributed by atoms with Gasteiger partial charge in [0, 0.05) is 25.2 Å². The lowest BCUT2D eigenvalue weighted by atomic mass is 10.2. The topological polar surface area (TPSA) is 49.9 Å². The highest BCUT2D eigenvalue weighted by atomic mass is 32.2. The van der Waals surface area contributed by atoms with Crippen molar-refractivity contribution in [2.75, 3.05) is 27.2 Å². The molecule has 0 atom stereocenters. The van der Waals surface area contributed by atoms with E-state index in [0.717, 1.165) is 16.4 Å². The molecule has 10 heteroatoms. The molecule has 0 amide bonds. The molecular formula is C18H20F4N2O3S. The molecule has 0 bridgehead atoms. The fourth-order valence-corrected chi connectivity index (χ4v) is 3.95. The molecule has 0 radical (unpaired) electrons. The first-order valence-electron chi connectivity index (χ1n) is 8.24. The zero-order chi connectivity index (χ0) is 20.9. The molecule has 2 rings (SSSR count). The predicted octanol–water partition coefficient (Wildman–Crippen LogP) is 3.48. The third kappa shape index (κ3) is 5.91. The van der Waals surface area contributed by atoms with Gasteiger partial charge in [-0.05, 0) is 32.3 Å². The highest BCUT2D eigenvalue weighted by Crippen LogP contribution is 2.32. The van der Waals surface area contributed by atoms with Crippen LogP contribution in [0.3, 0.4) is 0 Å². The van der Waals surface area contributed by atoms with Crippen molar-refractivity contribution in [1.29, 1.82) is 0 Å². The molecule has 0 saturated carbocycles. The molecule has 0 aliphatic rings. The largest absolute Gasteiger partial charge is 0.573 e. The summed E-state index contributed by atoms with van der Waals surface area (Å²) in [5.41, 5.74) is 0.110. The van der Waals surface area contributed by atoms with Crippen LogP contribution in [0.15, 0.2) is 53.4 Å². The Hall–Kier alpha value is -2.17. The third-order valence-electron chi connectivity index (χ3n) is 3.79. The van der Waals surface area contributed by atoms with Crippen molar-refractivity contribution >= 4 is 10.0 Å². The molecule has 2 aromatic rings.